The molecule has 0 saturated carbocycles. The molecule has 0 bridgehead atoms. The van der Waals surface area contributed by atoms with Gasteiger partial charge >= 0.3 is 0 Å². The van der Waals surface area contributed by atoms with Gasteiger partial charge in [0.15, 0.2) is 0 Å². The molecule has 1 aliphatic heterocycles. The van der Waals surface area contributed by atoms with Crippen LogP contribution in [0.4, 0.5) is 5.69 Å². The van der Waals surface area contributed by atoms with Gasteiger partial charge in [-0.15, -0.1) is 0 Å². The van der Waals surface area contributed by atoms with Crippen molar-refractivity contribution in [1.82, 2.24) is 10.2 Å². The number of hydrogen-bond acceptors (Lipinski definition) is 3. The van der Waals surface area contributed by atoms with E-state index in [1.807, 2.05) is 6.07 Å². The number of nitrogens with zero attached hydrogens (tertiary/aromatic N) is 1. The van der Waals surface area contributed by atoms with E-state index in [0.717, 1.165) is 18.5 Å². The SMILES string of the molecule is CN(C)C(=O)[C@@H]1CNC[C@H](C(=O)Nc2ccc3c(c2)CCC3)C1. The molecule has 1 saturated heterocycles. The molecule has 0 spiro atoms. The molecule has 0 unspecified atom stereocenters. The Hall–Kier alpha value is -1.88. The fraction of sp³-hybridized carbons (Fsp3) is 0.556. The monoisotopic (exact) mass is 315 g/mol. The molecule has 1 aromatic rings. The Morgan fingerprint density at radius 2 is 1.87 bits per heavy atom. The number of fused-ring (bicyclic) bond motifs is 1. The Morgan fingerprint density at radius 1 is 1.13 bits per heavy atom. The van der Waals surface area contributed by atoms with E-state index in [0.29, 0.717) is 19.5 Å². The standard InChI is InChI=1S/C18H25N3O2/c1-21(2)18(23)15-8-14(10-19-11-15)17(22)20-16-7-6-12-4-3-5-13(12)9-16/h6-7,9,14-15,19H,3-5,8,10-11H2,1-2H3,(H,20,22)/t14-,15+/m1/s1. The van der Waals surface area contributed by atoms with Gasteiger partial charge in [-0.05, 0) is 48.9 Å². The van der Waals surface area contributed by atoms with Crippen molar-refractivity contribution in [2.75, 3.05) is 32.5 Å². The summed E-state index contributed by atoms with van der Waals surface area (Å²) in [6.45, 7) is 1.29. The van der Waals surface area contributed by atoms with Gasteiger partial charge in [-0.2, -0.15) is 0 Å². The van der Waals surface area contributed by atoms with Crippen molar-refractivity contribution in [2.24, 2.45) is 11.8 Å². The van der Waals surface area contributed by atoms with Crippen LogP contribution in [0.5, 0.6) is 0 Å². The second-order valence-corrected chi connectivity index (χ2v) is 6.85. The smallest absolute Gasteiger partial charge is 0.228 e. The molecule has 2 aliphatic rings. The first-order valence-electron chi connectivity index (χ1n) is 8.39. The zero-order valence-corrected chi connectivity index (χ0v) is 13.9. The van der Waals surface area contributed by atoms with E-state index in [1.54, 1.807) is 19.0 Å². The van der Waals surface area contributed by atoms with Gasteiger partial charge < -0.3 is 15.5 Å². The van der Waals surface area contributed by atoms with E-state index in [4.69, 9.17) is 0 Å². The molecule has 2 amide bonds. The minimum Gasteiger partial charge on any atom is -0.349 e. The maximum absolute atomic E-state index is 12.5. The van der Waals surface area contributed by atoms with Gasteiger partial charge in [0.05, 0.1) is 11.8 Å². The van der Waals surface area contributed by atoms with Crippen LogP contribution < -0.4 is 10.6 Å². The highest BCUT2D eigenvalue weighted by atomic mass is 16.2. The number of amides is 2. The van der Waals surface area contributed by atoms with Crippen molar-refractivity contribution in [1.29, 1.82) is 0 Å². The fourth-order valence-corrected chi connectivity index (χ4v) is 3.59. The lowest BCUT2D eigenvalue weighted by molar-refractivity contribution is -0.134. The number of carbonyl (C=O) groups excluding carboxylic acids is 2. The summed E-state index contributed by atoms with van der Waals surface area (Å²) in [4.78, 5) is 26.2. The predicted octanol–water partition coefficient (Wildman–Crippen LogP) is 1.43. The van der Waals surface area contributed by atoms with Crippen molar-refractivity contribution in [3.05, 3.63) is 29.3 Å². The van der Waals surface area contributed by atoms with E-state index < -0.39 is 0 Å². The van der Waals surface area contributed by atoms with Gasteiger partial charge in [-0.25, -0.2) is 0 Å². The highest BCUT2D eigenvalue weighted by Crippen LogP contribution is 2.26. The van der Waals surface area contributed by atoms with Crippen LogP contribution in [0.2, 0.25) is 0 Å². The first-order valence-corrected chi connectivity index (χ1v) is 8.39. The number of carbonyl (C=O) groups is 2. The highest BCUT2D eigenvalue weighted by molar-refractivity contribution is 5.93. The Labute approximate surface area is 137 Å². The van der Waals surface area contributed by atoms with E-state index in [1.165, 1.54) is 17.5 Å². The van der Waals surface area contributed by atoms with Crippen molar-refractivity contribution >= 4 is 17.5 Å². The molecule has 0 radical (unpaired) electrons. The lowest BCUT2D eigenvalue weighted by Gasteiger charge is -2.30. The first-order chi connectivity index (χ1) is 11.0. The van der Waals surface area contributed by atoms with Crippen LogP contribution in [-0.4, -0.2) is 43.9 Å². The molecule has 1 aromatic carbocycles. The quantitative estimate of drug-likeness (QED) is 0.887. The van der Waals surface area contributed by atoms with E-state index in [-0.39, 0.29) is 23.7 Å². The van der Waals surface area contributed by atoms with Crippen molar-refractivity contribution in [3.63, 3.8) is 0 Å². The molecule has 5 heteroatoms. The predicted molar refractivity (Wildman–Crippen MR) is 90.3 cm³/mol. The molecule has 1 heterocycles. The zero-order valence-electron chi connectivity index (χ0n) is 13.9. The van der Waals surface area contributed by atoms with Gasteiger partial charge in [-0.1, -0.05) is 6.07 Å². The minimum atomic E-state index is -0.161. The van der Waals surface area contributed by atoms with Crippen LogP contribution >= 0.6 is 0 Å². The summed E-state index contributed by atoms with van der Waals surface area (Å²) in [6.07, 6.45) is 4.06. The summed E-state index contributed by atoms with van der Waals surface area (Å²) in [7, 11) is 3.52. The third kappa shape index (κ3) is 3.55. The number of anilines is 1. The van der Waals surface area contributed by atoms with Crippen LogP contribution in [0, 0.1) is 11.8 Å². The fourth-order valence-electron chi connectivity index (χ4n) is 3.59. The summed E-state index contributed by atoms with van der Waals surface area (Å²) >= 11 is 0. The Morgan fingerprint density at radius 3 is 2.65 bits per heavy atom. The number of nitrogens with one attached hydrogen (secondary N) is 2. The third-order valence-corrected chi connectivity index (χ3v) is 4.88. The van der Waals surface area contributed by atoms with Crippen LogP contribution in [0.15, 0.2) is 18.2 Å². The molecule has 5 nitrogen and oxygen atoms in total. The lowest BCUT2D eigenvalue weighted by Crippen LogP contribution is -2.46. The van der Waals surface area contributed by atoms with Crippen molar-refractivity contribution in [3.8, 4) is 0 Å². The third-order valence-electron chi connectivity index (χ3n) is 4.88. The van der Waals surface area contributed by atoms with Crippen LogP contribution in [0.25, 0.3) is 0 Å². The zero-order chi connectivity index (χ0) is 16.4. The number of hydrogen-bond donors (Lipinski definition) is 2. The molecule has 2 atom stereocenters. The molecule has 124 valence electrons. The van der Waals surface area contributed by atoms with Crippen molar-refractivity contribution < 1.29 is 9.59 Å². The number of piperidine rings is 1. The van der Waals surface area contributed by atoms with Crippen LogP contribution in [0.3, 0.4) is 0 Å². The topological polar surface area (TPSA) is 61.4 Å². The van der Waals surface area contributed by atoms with Gasteiger partial charge in [0.2, 0.25) is 11.8 Å². The maximum atomic E-state index is 12.5. The molecule has 3 rings (SSSR count). The molecular weight excluding hydrogens is 290 g/mol. The maximum Gasteiger partial charge on any atom is 0.228 e. The van der Waals surface area contributed by atoms with Gasteiger partial charge in [-0.3, -0.25) is 9.59 Å². The second kappa shape index (κ2) is 6.71. The molecule has 2 N–H and O–H groups in total. The minimum absolute atomic E-state index is 0.00621. The van der Waals surface area contributed by atoms with Gasteiger partial charge in [0.25, 0.3) is 0 Å². The van der Waals surface area contributed by atoms with E-state index >= 15 is 0 Å². The number of rotatable bonds is 3. The summed E-state index contributed by atoms with van der Waals surface area (Å²) in [6, 6.07) is 6.20. The Kier molecular flexibility index (Phi) is 4.66. The van der Waals surface area contributed by atoms with E-state index in [2.05, 4.69) is 22.8 Å². The Balaban J connectivity index is 1.62. The average molecular weight is 315 g/mol. The van der Waals surface area contributed by atoms with Crippen LogP contribution in [-0.2, 0) is 22.4 Å². The molecular formula is C18H25N3O2. The molecule has 1 fully saturated rings. The van der Waals surface area contributed by atoms with Crippen LogP contribution in [0.1, 0.15) is 24.0 Å². The van der Waals surface area contributed by atoms with Gasteiger partial charge in [0, 0.05) is 32.9 Å². The first kappa shape index (κ1) is 16.0. The lowest BCUT2D eigenvalue weighted by atomic mass is 9.89. The number of benzene rings is 1. The normalized spacial score (nSPS) is 23.2. The largest absolute Gasteiger partial charge is 0.349 e. The Bertz CT molecular complexity index is 612. The summed E-state index contributed by atoms with van der Waals surface area (Å²) in [5.41, 5.74) is 3.63. The molecule has 23 heavy (non-hydrogen) atoms. The number of aryl methyl sites for hydroxylation is 2. The summed E-state index contributed by atoms with van der Waals surface area (Å²) in [5, 5.41) is 6.25. The molecule has 0 aromatic heterocycles. The van der Waals surface area contributed by atoms with E-state index in [9.17, 15) is 9.59 Å². The summed E-state index contributed by atoms with van der Waals surface area (Å²) in [5.74, 6) is -0.181. The van der Waals surface area contributed by atoms with Gasteiger partial charge in [0.1, 0.15) is 0 Å². The average Bonchev–Trinajstić information content (AvgIpc) is 3.01. The highest BCUT2D eigenvalue weighted by Gasteiger charge is 2.31. The molecule has 1 aliphatic carbocycles. The summed E-state index contributed by atoms with van der Waals surface area (Å²) < 4.78 is 0. The van der Waals surface area contributed by atoms with Crippen molar-refractivity contribution in [2.45, 2.75) is 25.7 Å². The second-order valence-electron chi connectivity index (χ2n) is 6.85.